The summed E-state index contributed by atoms with van der Waals surface area (Å²) < 4.78 is 1.85. The fourth-order valence-corrected chi connectivity index (χ4v) is 2.51. The third-order valence-corrected chi connectivity index (χ3v) is 4.07. The zero-order chi connectivity index (χ0) is 10.2. The minimum absolute atomic E-state index is 0. The van der Waals surface area contributed by atoms with Crippen molar-refractivity contribution < 1.29 is 22.0 Å². The summed E-state index contributed by atoms with van der Waals surface area (Å²) in [4.78, 5) is 5.66. The zero-order valence-electron chi connectivity index (χ0n) is 9.24. The van der Waals surface area contributed by atoms with Crippen LogP contribution in [0.25, 0.3) is 0 Å². The van der Waals surface area contributed by atoms with E-state index < -0.39 is 0 Å². The van der Waals surface area contributed by atoms with Gasteiger partial charge in [0.15, 0.2) is 6.61 Å². The number of rotatable bonds is 0. The van der Waals surface area contributed by atoms with Gasteiger partial charge in [-0.1, -0.05) is 20.8 Å². The maximum absolute atomic E-state index is 5.66. The number of fused-ring (bicyclic) bond motifs is 1. The quantitative estimate of drug-likeness (QED) is 0.540. The van der Waals surface area contributed by atoms with Crippen LogP contribution < -0.4 is 22.0 Å². The smallest absolute Gasteiger partial charge is 0.291 e. The fourth-order valence-electron chi connectivity index (χ4n) is 1.37. The molecule has 0 spiro atoms. The van der Waals surface area contributed by atoms with Crippen LogP contribution in [-0.2, 0) is 0 Å². The predicted octanol–water partition coefficient (Wildman–Crippen LogP) is -1.07. The number of halogens is 1. The van der Waals surface area contributed by atoms with Crippen LogP contribution in [0.4, 0.5) is 0 Å². The first-order valence-electron chi connectivity index (χ1n) is 4.88. The van der Waals surface area contributed by atoms with E-state index in [1.54, 1.807) is 0 Å². The molecule has 2 nitrogen and oxygen atoms in total. The maximum Gasteiger partial charge on any atom is 0.291 e. The summed E-state index contributed by atoms with van der Waals surface area (Å²) in [7, 11) is 0. The minimum Gasteiger partial charge on any atom is -1.00 e. The molecule has 0 fully saturated rings. The summed E-state index contributed by atoms with van der Waals surface area (Å²) in [5.74, 6) is 0. The van der Waals surface area contributed by atoms with E-state index in [-0.39, 0.29) is 12.4 Å². The molecule has 1 unspecified atom stereocenters. The average Bonchev–Trinajstić information content (AvgIpc) is 2.16. The molecule has 1 aromatic heterocycles. The van der Waals surface area contributed by atoms with Crippen LogP contribution in [0.5, 0.6) is 0 Å². The Balaban J connectivity index is 0.00000112. The van der Waals surface area contributed by atoms with E-state index in [2.05, 4.69) is 26.8 Å². The highest BCUT2D eigenvalue weighted by Crippen LogP contribution is 2.34. The van der Waals surface area contributed by atoms with Gasteiger partial charge in [-0.3, -0.25) is 4.84 Å². The van der Waals surface area contributed by atoms with Gasteiger partial charge in [0.1, 0.15) is 0 Å². The van der Waals surface area contributed by atoms with Crippen molar-refractivity contribution in [3.63, 3.8) is 0 Å². The van der Waals surface area contributed by atoms with Gasteiger partial charge in [0, 0.05) is 16.9 Å². The molecule has 0 N–H and O–H groups in total. The molecule has 0 aliphatic carbocycles. The first kappa shape index (κ1) is 12.7. The number of thioether (sulfide) groups is 1. The highest BCUT2D eigenvalue weighted by Gasteiger charge is 2.34. The lowest BCUT2D eigenvalue weighted by Crippen LogP contribution is -3.00. The Morgan fingerprint density at radius 1 is 1.40 bits per heavy atom. The van der Waals surface area contributed by atoms with Crippen molar-refractivity contribution >= 4 is 11.8 Å². The number of hydrogen-bond acceptors (Lipinski definition) is 2. The summed E-state index contributed by atoms with van der Waals surface area (Å²) >= 11 is 1.90. The van der Waals surface area contributed by atoms with Gasteiger partial charge in [-0.15, -0.1) is 0 Å². The Kier molecular flexibility index (Phi) is 3.90. The monoisotopic (exact) mass is 245 g/mol. The van der Waals surface area contributed by atoms with Gasteiger partial charge in [-0.25, -0.2) is 0 Å². The fraction of sp³-hybridized carbons (Fsp3) is 0.545. The van der Waals surface area contributed by atoms with E-state index in [1.165, 1.54) is 5.03 Å². The van der Waals surface area contributed by atoms with Crippen LogP contribution in [0.3, 0.4) is 0 Å². The molecule has 1 atom stereocenters. The predicted molar refractivity (Wildman–Crippen MR) is 57.2 cm³/mol. The van der Waals surface area contributed by atoms with Crippen LogP contribution >= 0.6 is 11.8 Å². The van der Waals surface area contributed by atoms with Crippen LogP contribution in [0.1, 0.15) is 20.8 Å². The van der Waals surface area contributed by atoms with Gasteiger partial charge >= 0.3 is 0 Å². The van der Waals surface area contributed by atoms with Crippen molar-refractivity contribution in [3.05, 3.63) is 24.4 Å². The van der Waals surface area contributed by atoms with E-state index in [4.69, 9.17) is 4.84 Å². The van der Waals surface area contributed by atoms with E-state index in [9.17, 15) is 0 Å². The molecule has 0 radical (unpaired) electrons. The van der Waals surface area contributed by atoms with Crippen molar-refractivity contribution in [3.8, 4) is 0 Å². The topological polar surface area (TPSA) is 13.1 Å². The molecule has 0 saturated carbocycles. The molecule has 0 bridgehead atoms. The minimum atomic E-state index is 0. The lowest BCUT2D eigenvalue weighted by atomic mass is 9.92. The van der Waals surface area contributed by atoms with Crippen LogP contribution in [-0.4, -0.2) is 11.9 Å². The molecule has 1 aromatic rings. The second-order valence-electron chi connectivity index (χ2n) is 4.63. The number of aromatic nitrogens is 1. The van der Waals surface area contributed by atoms with Gasteiger partial charge in [0.05, 0.1) is 5.25 Å². The Morgan fingerprint density at radius 2 is 2.13 bits per heavy atom. The number of nitrogens with zero attached hydrogens (tertiary/aromatic N) is 1. The molecule has 4 heteroatoms. The average molecular weight is 246 g/mol. The SMILES string of the molecule is CC(C)(C)C1CO[n+]2ccccc2S1.[Cl-]. The standard InChI is InChI=1S/C11H16NOS.ClH/c1-11(2,3)9-8-13-12-7-5-4-6-10(12)14-9;/h4-7,9H,8H2,1-3H3;1H/q+1;/p-1. The Morgan fingerprint density at radius 3 is 2.80 bits per heavy atom. The lowest BCUT2D eigenvalue weighted by molar-refractivity contribution is -0.921. The van der Waals surface area contributed by atoms with Gasteiger partial charge < -0.3 is 12.4 Å². The van der Waals surface area contributed by atoms with Crippen molar-refractivity contribution in [2.75, 3.05) is 6.61 Å². The molecule has 1 aliphatic rings. The summed E-state index contributed by atoms with van der Waals surface area (Å²) in [5, 5.41) is 1.73. The highest BCUT2D eigenvalue weighted by molar-refractivity contribution is 7.99. The largest absolute Gasteiger partial charge is 1.00 e. The molecule has 1 aliphatic heterocycles. The third kappa shape index (κ3) is 2.79. The molecule has 0 aromatic carbocycles. The Bertz CT molecular complexity index is 338. The number of hydrogen-bond donors (Lipinski definition) is 0. The molecule has 2 rings (SSSR count). The number of pyridine rings is 1. The van der Waals surface area contributed by atoms with E-state index >= 15 is 0 Å². The molecule has 84 valence electrons. The van der Waals surface area contributed by atoms with Crippen molar-refractivity contribution in [2.45, 2.75) is 31.0 Å². The van der Waals surface area contributed by atoms with E-state index in [0.717, 1.165) is 6.61 Å². The second-order valence-corrected chi connectivity index (χ2v) is 5.86. The summed E-state index contributed by atoms with van der Waals surface area (Å²) in [5.41, 5.74) is 0.290. The van der Waals surface area contributed by atoms with Crippen LogP contribution in [0.15, 0.2) is 29.4 Å². The summed E-state index contributed by atoms with van der Waals surface area (Å²) in [6, 6.07) is 6.14. The molecular formula is C11H16ClNOS. The Labute approximate surface area is 101 Å². The lowest BCUT2D eigenvalue weighted by Gasteiger charge is -2.29. The van der Waals surface area contributed by atoms with Gasteiger partial charge in [-0.2, -0.15) is 0 Å². The molecule has 0 amide bonds. The zero-order valence-corrected chi connectivity index (χ0v) is 10.8. The summed E-state index contributed by atoms with van der Waals surface area (Å²) in [6.45, 7) is 7.56. The first-order valence-corrected chi connectivity index (χ1v) is 5.76. The molecule has 0 saturated heterocycles. The van der Waals surface area contributed by atoms with E-state index in [0.29, 0.717) is 10.7 Å². The molecule has 15 heavy (non-hydrogen) atoms. The van der Waals surface area contributed by atoms with Crippen LogP contribution in [0, 0.1) is 5.41 Å². The van der Waals surface area contributed by atoms with Gasteiger partial charge in [0.25, 0.3) is 5.03 Å². The van der Waals surface area contributed by atoms with Gasteiger partial charge in [0.2, 0.25) is 6.20 Å². The third-order valence-electron chi connectivity index (χ3n) is 2.38. The van der Waals surface area contributed by atoms with E-state index in [1.807, 2.05) is 34.8 Å². The van der Waals surface area contributed by atoms with Gasteiger partial charge in [-0.05, 0) is 23.2 Å². The van der Waals surface area contributed by atoms with Crippen molar-refractivity contribution in [1.82, 2.24) is 0 Å². The molecular weight excluding hydrogens is 230 g/mol. The second kappa shape index (κ2) is 4.62. The summed E-state index contributed by atoms with van der Waals surface area (Å²) in [6.07, 6.45) is 1.96. The van der Waals surface area contributed by atoms with Crippen LogP contribution in [0.2, 0.25) is 0 Å². The highest BCUT2D eigenvalue weighted by atomic mass is 35.5. The Hall–Kier alpha value is -0.410. The van der Waals surface area contributed by atoms with Crippen molar-refractivity contribution in [1.29, 1.82) is 0 Å². The molecule has 2 heterocycles. The first-order chi connectivity index (χ1) is 6.57. The normalized spacial score (nSPS) is 19.8. The maximum atomic E-state index is 5.66. The van der Waals surface area contributed by atoms with Crippen molar-refractivity contribution in [2.24, 2.45) is 5.41 Å².